The molecule has 54 heavy (non-hydrogen) atoms. The molecule has 2 atom stereocenters. The van der Waals surface area contributed by atoms with Gasteiger partial charge in [0.05, 0.1) is 22.0 Å². The van der Waals surface area contributed by atoms with E-state index in [1.165, 1.54) is 0 Å². The maximum absolute atomic E-state index is 12.7. The predicted molar refractivity (Wildman–Crippen MR) is 212 cm³/mol. The molecule has 0 aliphatic heterocycles. The molecule has 8 nitrogen and oxygen atoms in total. The fourth-order valence-corrected chi connectivity index (χ4v) is 9.12. The Morgan fingerprint density at radius 2 is 1.35 bits per heavy atom. The van der Waals surface area contributed by atoms with Crippen LogP contribution in [0.15, 0.2) is 134 Å². The first-order chi connectivity index (χ1) is 26.4. The van der Waals surface area contributed by atoms with Crippen molar-refractivity contribution in [2.24, 2.45) is 17.8 Å². The highest BCUT2D eigenvalue weighted by molar-refractivity contribution is 6.31. The molecule has 0 spiro atoms. The number of pyridine rings is 1. The summed E-state index contributed by atoms with van der Waals surface area (Å²) >= 11 is 6.73. The number of carboxylic acid groups (broad SMARTS) is 1. The van der Waals surface area contributed by atoms with Crippen molar-refractivity contribution in [2.75, 3.05) is 5.32 Å². The van der Waals surface area contributed by atoms with Gasteiger partial charge in [0.15, 0.2) is 11.5 Å². The van der Waals surface area contributed by atoms with Crippen molar-refractivity contribution in [3.63, 3.8) is 0 Å². The molecule has 3 heterocycles. The molecular weight excluding hydrogens is 692 g/mol. The van der Waals surface area contributed by atoms with E-state index in [0.29, 0.717) is 39.1 Å². The lowest BCUT2D eigenvalue weighted by Crippen LogP contribution is -2.51. The number of rotatable bonds is 9. The van der Waals surface area contributed by atoms with Crippen molar-refractivity contribution in [3.8, 4) is 22.8 Å². The maximum Gasteiger partial charge on any atom is 0.308 e. The smallest absolute Gasteiger partial charge is 0.308 e. The summed E-state index contributed by atoms with van der Waals surface area (Å²) in [7, 11) is 0. The Labute approximate surface area is 318 Å². The molecule has 0 saturated heterocycles. The molecule has 3 aliphatic carbocycles. The van der Waals surface area contributed by atoms with Gasteiger partial charge in [-0.3, -0.25) is 4.79 Å². The quantitative estimate of drug-likeness (QED) is 0.143. The second-order valence-corrected chi connectivity index (χ2v) is 15.1. The molecule has 4 aromatic carbocycles. The van der Waals surface area contributed by atoms with Gasteiger partial charge in [-0.15, -0.1) is 0 Å². The zero-order chi connectivity index (χ0) is 36.8. The zero-order valence-corrected chi connectivity index (χ0v) is 30.6. The van der Waals surface area contributed by atoms with Crippen LogP contribution in [-0.2, 0) is 10.3 Å². The van der Waals surface area contributed by atoms with Gasteiger partial charge in [-0.2, -0.15) is 5.10 Å². The van der Waals surface area contributed by atoms with Crippen LogP contribution in [0.5, 0.6) is 0 Å². The number of nitrogens with zero attached hydrogens (tertiary/aromatic N) is 5. The molecular formula is C45H39ClN6O2. The summed E-state index contributed by atoms with van der Waals surface area (Å²) in [6.45, 7) is 2.06. The number of anilines is 1. The number of aromatic nitrogens is 5. The van der Waals surface area contributed by atoms with Crippen LogP contribution >= 0.6 is 11.6 Å². The molecule has 0 amide bonds. The van der Waals surface area contributed by atoms with Crippen LogP contribution < -0.4 is 5.32 Å². The lowest BCUT2D eigenvalue weighted by molar-refractivity contribution is -0.148. The van der Waals surface area contributed by atoms with Gasteiger partial charge in [0, 0.05) is 23.9 Å². The van der Waals surface area contributed by atoms with Crippen LogP contribution in [0.3, 0.4) is 0 Å². The number of carbonyl (C=O) groups is 1. The lowest BCUT2D eigenvalue weighted by Gasteiger charge is -2.47. The molecule has 10 rings (SSSR count). The predicted octanol–water partition coefficient (Wildman–Crippen LogP) is 9.66. The zero-order valence-electron chi connectivity index (χ0n) is 29.8. The highest BCUT2D eigenvalue weighted by Gasteiger charge is 2.47. The molecule has 2 unspecified atom stereocenters. The average molecular weight is 731 g/mol. The minimum absolute atomic E-state index is 0.151. The Bertz CT molecular complexity index is 2350. The summed E-state index contributed by atoms with van der Waals surface area (Å²) in [5.74, 6) is 0.128. The van der Waals surface area contributed by atoms with Crippen molar-refractivity contribution >= 4 is 34.4 Å². The third-order valence-electron chi connectivity index (χ3n) is 11.5. The third-order valence-corrected chi connectivity index (χ3v) is 11.7. The van der Waals surface area contributed by atoms with Crippen LogP contribution in [0.1, 0.15) is 47.9 Å². The number of halogens is 1. The van der Waals surface area contributed by atoms with Crippen molar-refractivity contribution in [1.82, 2.24) is 24.7 Å². The van der Waals surface area contributed by atoms with Gasteiger partial charge in [0.2, 0.25) is 0 Å². The van der Waals surface area contributed by atoms with Gasteiger partial charge in [-0.05, 0) is 67.2 Å². The number of aliphatic carboxylic acids is 1. The third kappa shape index (κ3) is 5.82. The Balaban J connectivity index is 1.30. The van der Waals surface area contributed by atoms with Crippen LogP contribution in [0.4, 0.5) is 5.82 Å². The summed E-state index contributed by atoms with van der Waals surface area (Å²) in [6.07, 6.45) is 5.57. The van der Waals surface area contributed by atoms with Gasteiger partial charge >= 0.3 is 5.97 Å². The van der Waals surface area contributed by atoms with E-state index in [1.807, 2.05) is 83.5 Å². The minimum atomic E-state index is -0.952. The molecule has 7 aromatic rings. The molecule has 268 valence electrons. The number of hydrogen-bond donors (Lipinski definition) is 2. The normalized spacial score (nSPS) is 19.5. The molecule has 3 aromatic heterocycles. The molecule has 0 radical (unpaired) electrons. The molecule has 2 bridgehead atoms. The minimum Gasteiger partial charge on any atom is -0.481 e. The van der Waals surface area contributed by atoms with Crippen molar-refractivity contribution < 1.29 is 9.90 Å². The number of benzene rings is 4. The lowest BCUT2D eigenvalue weighted by atomic mass is 9.61. The number of carboxylic acids is 1. The molecule has 9 heteroatoms. The Morgan fingerprint density at radius 3 is 1.93 bits per heavy atom. The summed E-state index contributed by atoms with van der Waals surface area (Å²) in [6, 6.07) is 42.8. The number of aryl methyl sites for hydroxylation is 1. The van der Waals surface area contributed by atoms with Crippen LogP contribution in [0.2, 0.25) is 5.02 Å². The van der Waals surface area contributed by atoms with Crippen molar-refractivity contribution in [1.29, 1.82) is 0 Å². The summed E-state index contributed by atoms with van der Waals surface area (Å²) in [5.41, 5.74) is 5.93. The van der Waals surface area contributed by atoms with E-state index >= 15 is 0 Å². The first-order valence-corrected chi connectivity index (χ1v) is 18.9. The molecule has 3 aliphatic rings. The first kappa shape index (κ1) is 33.9. The van der Waals surface area contributed by atoms with E-state index in [4.69, 9.17) is 31.7 Å². The van der Waals surface area contributed by atoms with Gasteiger partial charge < -0.3 is 10.4 Å². The van der Waals surface area contributed by atoms with E-state index in [0.717, 1.165) is 53.5 Å². The SMILES string of the molecule is Cc1ccc(-c2cc(NC3C4CCC(CC4)C3C(=O)O)nc(-c3nn(C(c4ccccc4)(c4ccccc4)c4ccccc4)c4ncc(Cl)cc34)n2)cc1. The Morgan fingerprint density at radius 1 is 0.778 bits per heavy atom. The topological polar surface area (TPSA) is 106 Å². The first-order valence-electron chi connectivity index (χ1n) is 18.6. The highest BCUT2D eigenvalue weighted by Crippen LogP contribution is 2.47. The molecule has 2 N–H and O–H groups in total. The summed E-state index contributed by atoms with van der Waals surface area (Å²) in [5, 5.41) is 20.7. The largest absolute Gasteiger partial charge is 0.481 e. The average Bonchev–Trinajstić information content (AvgIpc) is 3.58. The second-order valence-electron chi connectivity index (χ2n) is 14.6. The monoisotopic (exact) mass is 730 g/mol. The van der Waals surface area contributed by atoms with Gasteiger partial charge in [-0.25, -0.2) is 19.6 Å². The van der Waals surface area contributed by atoms with E-state index in [9.17, 15) is 9.90 Å². The second kappa shape index (κ2) is 13.8. The summed E-state index contributed by atoms with van der Waals surface area (Å²) in [4.78, 5) is 28.0. The highest BCUT2D eigenvalue weighted by atomic mass is 35.5. The van der Waals surface area contributed by atoms with Crippen LogP contribution in [0, 0.1) is 24.7 Å². The van der Waals surface area contributed by atoms with E-state index in [2.05, 4.69) is 60.8 Å². The number of nitrogens with one attached hydrogen (secondary N) is 1. The van der Waals surface area contributed by atoms with E-state index in [-0.39, 0.29) is 17.9 Å². The Kier molecular flexibility index (Phi) is 8.70. The van der Waals surface area contributed by atoms with E-state index in [1.54, 1.807) is 6.20 Å². The number of hydrogen-bond acceptors (Lipinski definition) is 6. The fourth-order valence-electron chi connectivity index (χ4n) is 8.96. The van der Waals surface area contributed by atoms with Crippen LogP contribution in [0.25, 0.3) is 33.8 Å². The van der Waals surface area contributed by atoms with Crippen LogP contribution in [-0.4, -0.2) is 41.9 Å². The van der Waals surface area contributed by atoms with Gasteiger partial charge in [0.25, 0.3) is 0 Å². The van der Waals surface area contributed by atoms with Crippen molar-refractivity contribution in [3.05, 3.63) is 161 Å². The maximum atomic E-state index is 12.7. The fraction of sp³-hybridized carbons (Fsp3) is 0.222. The molecule has 3 fully saturated rings. The number of fused-ring (bicyclic) bond motifs is 4. The van der Waals surface area contributed by atoms with Crippen molar-refractivity contribution in [2.45, 2.75) is 44.2 Å². The van der Waals surface area contributed by atoms with Gasteiger partial charge in [0.1, 0.15) is 17.1 Å². The summed E-state index contributed by atoms with van der Waals surface area (Å²) < 4.78 is 1.99. The van der Waals surface area contributed by atoms with E-state index < -0.39 is 17.4 Å². The Hall–Kier alpha value is -5.86. The standard InChI is InChI=1S/C45H39ClN6O2/c1-28-17-19-29(20-18-28)37-26-38(49-40-31-23-21-30(22-24-31)39(40)44(53)54)50-42(48-37)41-36-25-35(46)27-47-43(36)52(51-41)45(32-11-5-2-6-12-32,33-13-7-3-8-14-33)34-15-9-4-10-16-34/h2-20,25-27,30-31,39-40H,21-24H2,1H3,(H,53,54)(H,48,49,50). The van der Waals surface area contributed by atoms with Gasteiger partial charge in [-0.1, -0.05) is 132 Å². The molecule has 3 saturated carbocycles.